The van der Waals surface area contributed by atoms with Crippen LogP contribution in [-0.4, -0.2) is 36.4 Å². The fraction of sp³-hybridized carbons (Fsp3) is 0.333. The van der Waals surface area contributed by atoms with Gasteiger partial charge in [-0.3, -0.25) is 9.59 Å². The van der Waals surface area contributed by atoms with Gasteiger partial charge in [-0.15, -0.1) is 0 Å². The number of carbonyl (C=O) groups excluding carboxylic acids is 2. The summed E-state index contributed by atoms with van der Waals surface area (Å²) in [5.41, 5.74) is 3.44. The lowest BCUT2D eigenvalue weighted by Gasteiger charge is -2.30. The minimum absolute atomic E-state index is 0.0161. The smallest absolute Gasteiger partial charge is 0.265 e. The molecule has 2 aromatic rings. The highest BCUT2D eigenvalue weighted by Gasteiger charge is 2.27. The first kappa shape index (κ1) is 18.0. The largest absolute Gasteiger partial charge is 0.482 e. The molecule has 0 saturated heterocycles. The van der Waals surface area contributed by atoms with Crippen LogP contribution in [0.15, 0.2) is 42.5 Å². The van der Waals surface area contributed by atoms with Crippen LogP contribution >= 0.6 is 0 Å². The zero-order chi connectivity index (χ0) is 18.7. The number of hydrogen-bond donors (Lipinski definition) is 0. The lowest BCUT2D eigenvalue weighted by Crippen LogP contribution is -2.38. The molecule has 1 heterocycles. The van der Waals surface area contributed by atoms with Crippen LogP contribution in [0.1, 0.15) is 35.3 Å². The third-order valence-corrected chi connectivity index (χ3v) is 4.66. The molecule has 0 aliphatic carbocycles. The third-order valence-electron chi connectivity index (χ3n) is 4.66. The monoisotopic (exact) mass is 352 g/mol. The minimum Gasteiger partial charge on any atom is -0.482 e. The molecule has 0 aromatic heterocycles. The number of carbonyl (C=O) groups is 2. The molecule has 0 unspecified atom stereocenters. The van der Waals surface area contributed by atoms with Gasteiger partial charge < -0.3 is 14.5 Å². The highest BCUT2D eigenvalue weighted by molar-refractivity contribution is 6.01. The Balaban J connectivity index is 1.93. The Morgan fingerprint density at radius 2 is 1.81 bits per heavy atom. The topological polar surface area (TPSA) is 49.9 Å². The number of rotatable bonds is 5. The van der Waals surface area contributed by atoms with Crippen LogP contribution in [0.2, 0.25) is 0 Å². The van der Waals surface area contributed by atoms with Gasteiger partial charge in [0.1, 0.15) is 5.75 Å². The van der Waals surface area contributed by atoms with Gasteiger partial charge in [0.25, 0.3) is 11.8 Å². The number of aryl methyl sites for hydroxylation is 1. The summed E-state index contributed by atoms with van der Waals surface area (Å²) in [6, 6.07) is 13.4. The Morgan fingerprint density at radius 3 is 2.46 bits per heavy atom. The molecule has 0 radical (unpaired) electrons. The quantitative estimate of drug-likeness (QED) is 0.829. The van der Waals surface area contributed by atoms with Crippen molar-refractivity contribution in [2.45, 2.75) is 27.3 Å². The molecule has 1 aliphatic rings. The van der Waals surface area contributed by atoms with E-state index in [1.807, 2.05) is 45.0 Å². The summed E-state index contributed by atoms with van der Waals surface area (Å²) in [7, 11) is 0. The van der Waals surface area contributed by atoms with Gasteiger partial charge in [0.15, 0.2) is 6.61 Å². The van der Waals surface area contributed by atoms with E-state index in [4.69, 9.17) is 4.74 Å². The zero-order valence-electron chi connectivity index (χ0n) is 15.5. The Hall–Kier alpha value is -2.82. The molecule has 0 saturated carbocycles. The van der Waals surface area contributed by atoms with Crippen molar-refractivity contribution < 1.29 is 14.3 Å². The maximum Gasteiger partial charge on any atom is 0.265 e. The number of benzene rings is 2. The number of ether oxygens (including phenoxy) is 1. The van der Waals surface area contributed by atoms with E-state index in [1.165, 1.54) is 5.56 Å². The first-order valence-corrected chi connectivity index (χ1v) is 8.95. The van der Waals surface area contributed by atoms with Crippen LogP contribution in [0.25, 0.3) is 0 Å². The van der Waals surface area contributed by atoms with Crippen molar-refractivity contribution in [2.24, 2.45) is 0 Å². The van der Waals surface area contributed by atoms with Crippen LogP contribution in [0.4, 0.5) is 5.69 Å². The third kappa shape index (κ3) is 3.57. The van der Waals surface area contributed by atoms with E-state index in [0.717, 1.165) is 5.56 Å². The summed E-state index contributed by atoms with van der Waals surface area (Å²) >= 11 is 0. The normalized spacial score (nSPS) is 13.2. The lowest BCUT2D eigenvalue weighted by atomic mass is 10.1. The maximum absolute atomic E-state index is 12.7. The van der Waals surface area contributed by atoms with E-state index in [1.54, 1.807) is 28.0 Å². The van der Waals surface area contributed by atoms with Gasteiger partial charge in [-0.25, -0.2) is 0 Å². The van der Waals surface area contributed by atoms with Gasteiger partial charge >= 0.3 is 0 Å². The highest BCUT2D eigenvalue weighted by Crippen LogP contribution is 2.34. The fourth-order valence-electron chi connectivity index (χ4n) is 3.08. The molecule has 1 aliphatic heterocycles. The predicted octanol–water partition coefficient (Wildman–Crippen LogP) is 3.40. The molecular formula is C21H24N2O3. The number of nitrogens with zero attached hydrogens (tertiary/aromatic N) is 2. The molecule has 2 amide bonds. The first-order valence-electron chi connectivity index (χ1n) is 8.95. The van der Waals surface area contributed by atoms with Crippen molar-refractivity contribution in [3.05, 3.63) is 59.2 Å². The van der Waals surface area contributed by atoms with Crippen molar-refractivity contribution in [3.63, 3.8) is 0 Å². The molecule has 0 spiro atoms. The van der Waals surface area contributed by atoms with E-state index in [2.05, 4.69) is 0 Å². The van der Waals surface area contributed by atoms with Gasteiger partial charge in [-0.05, 0) is 44.5 Å². The second-order valence-corrected chi connectivity index (χ2v) is 6.41. The van der Waals surface area contributed by atoms with Crippen molar-refractivity contribution >= 4 is 17.5 Å². The number of fused-ring (bicyclic) bond motifs is 1. The van der Waals surface area contributed by atoms with Gasteiger partial charge in [0.05, 0.1) is 12.2 Å². The van der Waals surface area contributed by atoms with Gasteiger partial charge in [-0.1, -0.05) is 29.8 Å². The number of hydrogen-bond acceptors (Lipinski definition) is 3. The van der Waals surface area contributed by atoms with Gasteiger partial charge in [0.2, 0.25) is 0 Å². The second-order valence-electron chi connectivity index (χ2n) is 6.41. The summed E-state index contributed by atoms with van der Waals surface area (Å²) in [6.45, 7) is 7.71. The summed E-state index contributed by atoms with van der Waals surface area (Å²) in [5, 5.41) is 0. The van der Waals surface area contributed by atoms with E-state index < -0.39 is 0 Å². The molecule has 3 rings (SSSR count). The second kappa shape index (κ2) is 7.60. The van der Waals surface area contributed by atoms with E-state index in [9.17, 15) is 9.59 Å². The summed E-state index contributed by atoms with van der Waals surface area (Å²) in [4.78, 5) is 28.6. The number of anilines is 1. The van der Waals surface area contributed by atoms with Crippen LogP contribution in [0.5, 0.6) is 5.75 Å². The number of amides is 2. The van der Waals surface area contributed by atoms with E-state index in [-0.39, 0.29) is 18.4 Å². The van der Waals surface area contributed by atoms with Crippen LogP contribution in [0.3, 0.4) is 0 Å². The SMILES string of the molecule is CCN(CC)C(=O)c1ccc2c(c1)N(Cc1ccc(C)cc1)C(=O)CO2. The molecule has 2 aromatic carbocycles. The van der Waals surface area contributed by atoms with Crippen molar-refractivity contribution in [2.75, 3.05) is 24.6 Å². The molecule has 0 N–H and O–H groups in total. The molecule has 0 bridgehead atoms. The average molecular weight is 352 g/mol. The minimum atomic E-state index is -0.106. The Bertz CT molecular complexity index is 811. The Kier molecular flexibility index (Phi) is 5.26. The summed E-state index contributed by atoms with van der Waals surface area (Å²) in [6.07, 6.45) is 0. The zero-order valence-corrected chi connectivity index (χ0v) is 15.5. The molecule has 26 heavy (non-hydrogen) atoms. The molecule has 136 valence electrons. The van der Waals surface area contributed by atoms with Crippen molar-refractivity contribution in [1.82, 2.24) is 4.90 Å². The Morgan fingerprint density at radius 1 is 1.12 bits per heavy atom. The van der Waals surface area contributed by atoms with Gasteiger partial charge in [-0.2, -0.15) is 0 Å². The predicted molar refractivity (Wildman–Crippen MR) is 102 cm³/mol. The van der Waals surface area contributed by atoms with Crippen molar-refractivity contribution in [1.29, 1.82) is 0 Å². The molecular weight excluding hydrogens is 328 g/mol. The average Bonchev–Trinajstić information content (AvgIpc) is 2.66. The first-order chi connectivity index (χ1) is 12.5. The lowest BCUT2D eigenvalue weighted by molar-refractivity contribution is -0.121. The molecule has 5 heteroatoms. The molecule has 0 fully saturated rings. The van der Waals surface area contributed by atoms with E-state index in [0.29, 0.717) is 36.6 Å². The standard InChI is InChI=1S/C21H24N2O3/c1-4-22(5-2)21(25)17-10-11-19-18(12-17)23(20(24)14-26-19)13-16-8-6-15(3)7-9-16/h6-12H,4-5,13-14H2,1-3H3. The molecule has 0 atom stereocenters. The molecule has 5 nitrogen and oxygen atoms in total. The van der Waals surface area contributed by atoms with Crippen molar-refractivity contribution in [3.8, 4) is 5.75 Å². The van der Waals surface area contributed by atoms with Crippen LogP contribution in [-0.2, 0) is 11.3 Å². The highest BCUT2D eigenvalue weighted by atomic mass is 16.5. The van der Waals surface area contributed by atoms with Gasteiger partial charge in [0, 0.05) is 18.7 Å². The van der Waals surface area contributed by atoms with Crippen LogP contribution < -0.4 is 9.64 Å². The maximum atomic E-state index is 12.7. The van der Waals surface area contributed by atoms with Crippen LogP contribution in [0, 0.1) is 6.92 Å². The Labute approximate surface area is 154 Å². The summed E-state index contributed by atoms with van der Waals surface area (Å²) in [5.74, 6) is 0.490. The van der Waals surface area contributed by atoms with E-state index >= 15 is 0 Å². The fourth-order valence-corrected chi connectivity index (χ4v) is 3.08. The summed E-state index contributed by atoms with van der Waals surface area (Å²) < 4.78 is 5.55.